The molecular weight excluding hydrogens is 270 g/mol. The monoisotopic (exact) mass is 274 g/mol. The van der Waals surface area contributed by atoms with Gasteiger partial charge in [-0.25, -0.2) is 0 Å². The smallest absolute Gasteiger partial charge is 0.284 e. The minimum absolute atomic E-state index is 0.141. The van der Waals surface area contributed by atoms with E-state index in [0.717, 1.165) is 0 Å². The predicted octanol–water partition coefficient (Wildman–Crippen LogP) is 3.30. The van der Waals surface area contributed by atoms with Gasteiger partial charge >= 0.3 is 11.4 Å². The van der Waals surface area contributed by atoms with Crippen LogP contribution in [0.15, 0.2) is 12.1 Å². The SMILES string of the molecule is O=S(O)OCc1c(Cl)cc(Cl)cc1Cl. The molecule has 1 aromatic rings. The van der Waals surface area contributed by atoms with Crippen molar-refractivity contribution in [1.82, 2.24) is 0 Å². The van der Waals surface area contributed by atoms with E-state index >= 15 is 0 Å². The van der Waals surface area contributed by atoms with Crippen molar-refractivity contribution in [1.29, 1.82) is 0 Å². The lowest BCUT2D eigenvalue weighted by atomic mass is 10.2. The van der Waals surface area contributed by atoms with Crippen LogP contribution in [0.25, 0.3) is 0 Å². The molecule has 0 fully saturated rings. The van der Waals surface area contributed by atoms with Crippen LogP contribution < -0.4 is 0 Å². The van der Waals surface area contributed by atoms with Crippen LogP contribution in [0.4, 0.5) is 0 Å². The van der Waals surface area contributed by atoms with Crippen molar-refractivity contribution in [3.8, 4) is 0 Å². The highest BCUT2D eigenvalue weighted by Gasteiger charge is 2.09. The number of halogens is 3. The summed E-state index contributed by atoms with van der Waals surface area (Å²) in [7, 11) is 0. The average molecular weight is 276 g/mol. The molecular formula is C7H5Cl3O3S. The first-order chi connectivity index (χ1) is 6.50. The van der Waals surface area contributed by atoms with E-state index in [0.29, 0.717) is 20.6 Å². The fourth-order valence-electron chi connectivity index (χ4n) is 0.819. The standard InChI is InChI=1S/C7H5Cl3O3S/c8-4-1-6(9)5(7(10)2-4)3-13-14(11)12/h1-2H,3H2,(H,11,12). The van der Waals surface area contributed by atoms with Crippen molar-refractivity contribution < 1.29 is 12.9 Å². The molecule has 0 aliphatic rings. The summed E-state index contributed by atoms with van der Waals surface area (Å²) in [4.78, 5) is 0. The van der Waals surface area contributed by atoms with Gasteiger partial charge in [0.25, 0.3) is 0 Å². The van der Waals surface area contributed by atoms with Crippen molar-refractivity contribution >= 4 is 46.2 Å². The maximum absolute atomic E-state index is 10.2. The van der Waals surface area contributed by atoms with Crippen molar-refractivity contribution in [3.05, 3.63) is 32.8 Å². The summed E-state index contributed by atoms with van der Waals surface area (Å²) < 4.78 is 23.1. The third-order valence-electron chi connectivity index (χ3n) is 1.41. The molecule has 1 atom stereocenters. The maximum atomic E-state index is 10.2. The minimum atomic E-state index is -2.34. The molecule has 3 nitrogen and oxygen atoms in total. The minimum Gasteiger partial charge on any atom is -0.284 e. The van der Waals surface area contributed by atoms with Crippen molar-refractivity contribution in [2.75, 3.05) is 0 Å². The Morgan fingerprint density at radius 2 is 1.79 bits per heavy atom. The van der Waals surface area contributed by atoms with Gasteiger partial charge in [-0.2, -0.15) is 4.21 Å². The molecule has 0 aliphatic carbocycles. The molecule has 0 heterocycles. The first-order valence-corrected chi connectivity index (χ1v) is 5.55. The maximum Gasteiger partial charge on any atom is 0.302 e. The molecule has 14 heavy (non-hydrogen) atoms. The van der Waals surface area contributed by atoms with Crippen molar-refractivity contribution in [3.63, 3.8) is 0 Å². The van der Waals surface area contributed by atoms with Crippen LogP contribution in [-0.2, 0) is 22.2 Å². The fourth-order valence-corrected chi connectivity index (χ4v) is 1.96. The molecule has 1 N–H and O–H groups in total. The predicted molar refractivity (Wildman–Crippen MR) is 57.0 cm³/mol. The quantitative estimate of drug-likeness (QED) is 0.861. The lowest BCUT2D eigenvalue weighted by Gasteiger charge is -2.05. The highest BCUT2D eigenvalue weighted by Crippen LogP contribution is 2.29. The van der Waals surface area contributed by atoms with E-state index in [2.05, 4.69) is 4.18 Å². The fraction of sp³-hybridized carbons (Fsp3) is 0.143. The third-order valence-corrected chi connectivity index (χ3v) is 2.62. The zero-order valence-electron chi connectivity index (χ0n) is 6.67. The number of rotatable bonds is 3. The van der Waals surface area contributed by atoms with Gasteiger partial charge in [-0.1, -0.05) is 34.8 Å². The summed E-state index contributed by atoms with van der Waals surface area (Å²) in [6.07, 6.45) is 0. The van der Waals surface area contributed by atoms with Crippen LogP contribution in [0.1, 0.15) is 5.56 Å². The Hall–Kier alpha value is 0.160. The van der Waals surface area contributed by atoms with Gasteiger partial charge in [-0.15, -0.1) is 0 Å². The van der Waals surface area contributed by atoms with E-state index < -0.39 is 11.4 Å². The van der Waals surface area contributed by atoms with Crippen LogP contribution in [0.2, 0.25) is 15.1 Å². The lowest BCUT2D eigenvalue weighted by Crippen LogP contribution is -1.97. The Kier molecular flexibility index (Phi) is 4.63. The molecule has 78 valence electrons. The molecule has 1 rings (SSSR count). The zero-order chi connectivity index (χ0) is 10.7. The molecule has 7 heteroatoms. The number of benzene rings is 1. The average Bonchev–Trinajstić information content (AvgIpc) is 2.01. The van der Waals surface area contributed by atoms with Gasteiger partial charge < -0.3 is 0 Å². The molecule has 1 unspecified atom stereocenters. The van der Waals surface area contributed by atoms with Gasteiger partial charge in [0.2, 0.25) is 0 Å². The van der Waals surface area contributed by atoms with Gasteiger partial charge in [0.05, 0.1) is 6.61 Å². The van der Waals surface area contributed by atoms with E-state index in [9.17, 15) is 4.21 Å². The second-order valence-corrected chi connectivity index (χ2v) is 4.25. The Bertz CT molecular complexity index is 346. The molecule has 0 aliphatic heterocycles. The Morgan fingerprint density at radius 3 is 2.21 bits per heavy atom. The van der Waals surface area contributed by atoms with E-state index in [1.807, 2.05) is 0 Å². The number of hydrogen-bond donors (Lipinski definition) is 1. The first kappa shape index (κ1) is 12.2. The third kappa shape index (κ3) is 3.38. The van der Waals surface area contributed by atoms with Crippen LogP contribution in [0.5, 0.6) is 0 Å². The van der Waals surface area contributed by atoms with Crippen molar-refractivity contribution in [2.24, 2.45) is 0 Å². The normalized spacial score (nSPS) is 12.9. The summed E-state index contributed by atoms with van der Waals surface area (Å²) in [6, 6.07) is 2.96. The van der Waals surface area contributed by atoms with Crippen molar-refractivity contribution in [2.45, 2.75) is 6.61 Å². The zero-order valence-corrected chi connectivity index (χ0v) is 9.75. The molecule has 0 amide bonds. The first-order valence-electron chi connectivity index (χ1n) is 3.38. The van der Waals surface area contributed by atoms with Gasteiger partial charge in [-0.05, 0) is 12.1 Å². The second-order valence-electron chi connectivity index (χ2n) is 2.33. The van der Waals surface area contributed by atoms with Crippen LogP contribution in [0.3, 0.4) is 0 Å². The summed E-state index contributed by atoms with van der Waals surface area (Å²) in [5, 5.41) is 0.995. The van der Waals surface area contributed by atoms with Crippen LogP contribution in [0, 0.1) is 0 Å². The molecule has 0 radical (unpaired) electrons. The van der Waals surface area contributed by atoms with E-state index in [1.165, 1.54) is 12.1 Å². The largest absolute Gasteiger partial charge is 0.302 e. The van der Waals surface area contributed by atoms with Gasteiger partial charge in [-0.3, -0.25) is 8.74 Å². The summed E-state index contributed by atoms with van der Waals surface area (Å²) in [6.45, 7) is -0.141. The molecule has 0 saturated carbocycles. The Labute approximate surface area is 98.4 Å². The van der Waals surface area contributed by atoms with Gasteiger partial charge in [0, 0.05) is 20.6 Å². The Morgan fingerprint density at radius 1 is 1.29 bits per heavy atom. The molecule has 0 aromatic heterocycles. The van der Waals surface area contributed by atoms with E-state index in [-0.39, 0.29) is 6.61 Å². The summed E-state index contributed by atoms with van der Waals surface area (Å²) >= 11 is 14.9. The molecule has 0 saturated heterocycles. The Balaban J connectivity index is 2.91. The number of hydrogen-bond acceptors (Lipinski definition) is 2. The van der Waals surface area contributed by atoms with E-state index in [4.69, 9.17) is 39.4 Å². The highest BCUT2D eigenvalue weighted by molar-refractivity contribution is 7.74. The molecule has 0 spiro atoms. The van der Waals surface area contributed by atoms with Crippen LogP contribution >= 0.6 is 34.8 Å². The summed E-state index contributed by atoms with van der Waals surface area (Å²) in [5.41, 5.74) is 0.431. The van der Waals surface area contributed by atoms with Gasteiger partial charge in [0.15, 0.2) is 0 Å². The lowest BCUT2D eigenvalue weighted by molar-refractivity contribution is 0.297. The highest BCUT2D eigenvalue weighted by atomic mass is 35.5. The topological polar surface area (TPSA) is 46.5 Å². The van der Waals surface area contributed by atoms with Gasteiger partial charge in [0.1, 0.15) is 0 Å². The van der Waals surface area contributed by atoms with Crippen LogP contribution in [-0.4, -0.2) is 8.76 Å². The molecule has 0 bridgehead atoms. The summed E-state index contributed by atoms with van der Waals surface area (Å²) in [5.74, 6) is 0. The van der Waals surface area contributed by atoms with E-state index in [1.54, 1.807) is 0 Å². The molecule has 1 aromatic carbocycles. The second kappa shape index (κ2) is 5.30.